The maximum atomic E-state index is 9.00. The molecule has 106 valence electrons. The maximum Gasteiger partial charge on any atom is 0.297 e. The Labute approximate surface area is 122 Å². The normalized spacial score (nSPS) is 15.7. The van der Waals surface area contributed by atoms with E-state index in [9.17, 15) is 0 Å². The number of hydrogen-bond donors (Lipinski definition) is 1. The lowest BCUT2D eigenvalue weighted by Crippen LogP contribution is -2.46. The Morgan fingerprint density at radius 3 is 2.60 bits per heavy atom. The van der Waals surface area contributed by atoms with Crippen LogP contribution >= 0.6 is 11.6 Å². The Bertz CT molecular complexity index is 579. The SMILES string of the molecule is OCc1coc(N2CCN(c3cccc(Cl)c3)CC2)n1. The molecule has 0 bridgehead atoms. The van der Waals surface area contributed by atoms with Gasteiger partial charge >= 0.3 is 0 Å². The first-order valence-electron chi connectivity index (χ1n) is 6.57. The molecule has 5 nitrogen and oxygen atoms in total. The van der Waals surface area contributed by atoms with Crippen LogP contribution in [0.1, 0.15) is 5.69 Å². The number of aromatic nitrogens is 1. The van der Waals surface area contributed by atoms with Gasteiger partial charge in [-0.25, -0.2) is 0 Å². The van der Waals surface area contributed by atoms with E-state index in [1.165, 1.54) is 6.26 Å². The van der Waals surface area contributed by atoms with Crippen molar-refractivity contribution in [1.29, 1.82) is 0 Å². The van der Waals surface area contributed by atoms with Crippen molar-refractivity contribution in [3.8, 4) is 0 Å². The molecule has 0 unspecified atom stereocenters. The fraction of sp³-hybridized carbons (Fsp3) is 0.357. The number of rotatable bonds is 3. The highest BCUT2D eigenvalue weighted by molar-refractivity contribution is 6.30. The molecule has 0 aliphatic carbocycles. The van der Waals surface area contributed by atoms with Crippen LogP contribution in [-0.2, 0) is 6.61 Å². The van der Waals surface area contributed by atoms with Crippen molar-refractivity contribution in [2.45, 2.75) is 6.61 Å². The zero-order valence-corrected chi connectivity index (χ0v) is 11.8. The van der Waals surface area contributed by atoms with Crippen molar-refractivity contribution < 1.29 is 9.52 Å². The van der Waals surface area contributed by atoms with Crippen LogP contribution in [0, 0.1) is 0 Å². The summed E-state index contributed by atoms with van der Waals surface area (Å²) >= 11 is 6.02. The third-order valence-electron chi connectivity index (χ3n) is 3.43. The monoisotopic (exact) mass is 293 g/mol. The van der Waals surface area contributed by atoms with Crippen molar-refractivity contribution in [3.05, 3.63) is 41.2 Å². The largest absolute Gasteiger partial charge is 0.432 e. The zero-order valence-electron chi connectivity index (χ0n) is 11.0. The van der Waals surface area contributed by atoms with E-state index < -0.39 is 0 Å². The van der Waals surface area contributed by atoms with E-state index in [-0.39, 0.29) is 6.61 Å². The molecule has 1 aliphatic rings. The summed E-state index contributed by atoms with van der Waals surface area (Å²) in [6.45, 7) is 3.34. The van der Waals surface area contributed by atoms with Crippen LogP contribution in [0.3, 0.4) is 0 Å². The van der Waals surface area contributed by atoms with Crippen LogP contribution in [0.15, 0.2) is 34.9 Å². The molecule has 6 heteroatoms. The summed E-state index contributed by atoms with van der Waals surface area (Å²) < 4.78 is 5.37. The van der Waals surface area contributed by atoms with E-state index in [0.717, 1.165) is 36.9 Å². The number of piperazine rings is 1. The fourth-order valence-electron chi connectivity index (χ4n) is 2.34. The first-order chi connectivity index (χ1) is 9.76. The molecule has 2 aromatic rings. The average molecular weight is 294 g/mol. The summed E-state index contributed by atoms with van der Waals surface area (Å²) in [6.07, 6.45) is 1.50. The minimum absolute atomic E-state index is 0.0913. The van der Waals surface area contributed by atoms with Crippen molar-refractivity contribution in [2.75, 3.05) is 36.0 Å². The first-order valence-corrected chi connectivity index (χ1v) is 6.95. The molecule has 1 aliphatic heterocycles. The van der Waals surface area contributed by atoms with Crippen LogP contribution in [0.25, 0.3) is 0 Å². The molecule has 1 aromatic heterocycles. The second kappa shape index (κ2) is 5.73. The smallest absolute Gasteiger partial charge is 0.297 e. The van der Waals surface area contributed by atoms with Gasteiger partial charge in [-0.2, -0.15) is 4.98 Å². The Morgan fingerprint density at radius 1 is 1.20 bits per heavy atom. The van der Waals surface area contributed by atoms with Crippen LogP contribution in [-0.4, -0.2) is 36.3 Å². The van der Waals surface area contributed by atoms with E-state index in [0.29, 0.717) is 11.7 Å². The number of halogens is 1. The Morgan fingerprint density at radius 2 is 1.95 bits per heavy atom. The van der Waals surface area contributed by atoms with Crippen molar-refractivity contribution >= 4 is 23.3 Å². The number of aliphatic hydroxyl groups excluding tert-OH is 1. The molecule has 1 saturated heterocycles. The highest BCUT2D eigenvalue weighted by atomic mass is 35.5. The molecule has 0 radical (unpaired) electrons. The summed E-state index contributed by atoms with van der Waals surface area (Å²) in [6, 6.07) is 8.47. The van der Waals surface area contributed by atoms with Gasteiger partial charge in [-0.3, -0.25) is 0 Å². The van der Waals surface area contributed by atoms with Crippen LogP contribution < -0.4 is 9.80 Å². The predicted octanol–water partition coefficient (Wildman–Crippen LogP) is 2.15. The summed E-state index contributed by atoms with van der Waals surface area (Å²) in [5.41, 5.74) is 1.71. The van der Waals surface area contributed by atoms with E-state index in [1.54, 1.807) is 0 Å². The molecule has 0 spiro atoms. The number of oxazole rings is 1. The van der Waals surface area contributed by atoms with Gasteiger partial charge < -0.3 is 19.3 Å². The van der Waals surface area contributed by atoms with E-state index in [2.05, 4.69) is 20.9 Å². The predicted molar refractivity (Wildman–Crippen MR) is 78.3 cm³/mol. The van der Waals surface area contributed by atoms with Crippen molar-refractivity contribution in [1.82, 2.24) is 4.98 Å². The molecule has 0 amide bonds. The highest BCUT2D eigenvalue weighted by Gasteiger charge is 2.20. The van der Waals surface area contributed by atoms with Gasteiger partial charge in [-0.05, 0) is 18.2 Å². The molecule has 2 heterocycles. The van der Waals surface area contributed by atoms with Gasteiger partial charge in [0, 0.05) is 36.9 Å². The zero-order chi connectivity index (χ0) is 13.9. The highest BCUT2D eigenvalue weighted by Crippen LogP contribution is 2.22. The number of hydrogen-bond acceptors (Lipinski definition) is 5. The Balaban J connectivity index is 1.64. The van der Waals surface area contributed by atoms with Gasteiger partial charge in [0.2, 0.25) is 0 Å². The lowest BCUT2D eigenvalue weighted by Gasteiger charge is -2.35. The van der Waals surface area contributed by atoms with Crippen LogP contribution in [0.2, 0.25) is 5.02 Å². The third-order valence-corrected chi connectivity index (χ3v) is 3.66. The lowest BCUT2D eigenvalue weighted by atomic mass is 10.2. The minimum atomic E-state index is -0.0913. The average Bonchev–Trinajstić information content (AvgIpc) is 2.96. The lowest BCUT2D eigenvalue weighted by molar-refractivity contribution is 0.276. The molecule has 1 N–H and O–H groups in total. The number of nitrogens with zero attached hydrogens (tertiary/aromatic N) is 3. The van der Waals surface area contributed by atoms with Gasteiger partial charge in [0.05, 0.1) is 6.61 Å². The van der Waals surface area contributed by atoms with Crippen LogP contribution in [0.5, 0.6) is 0 Å². The van der Waals surface area contributed by atoms with Gasteiger partial charge in [0.1, 0.15) is 12.0 Å². The second-order valence-corrected chi connectivity index (χ2v) is 5.17. The summed E-state index contributed by atoms with van der Waals surface area (Å²) in [4.78, 5) is 8.61. The first kappa shape index (κ1) is 13.3. The van der Waals surface area contributed by atoms with Gasteiger partial charge in [0.15, 0.2) is 0 Å². The van der Waals surface area contributed by atoms with Gasteiger partial charge in [-0.1, -0.05) is 17.7 Å². The van der Waals surface area contributed by atoms with Gasteiger partial charge in [-0.15, -0.1) is 0 Å². The maximum absolute atomic E-state index is 9.00. The van der Waals surface area contributed by atoms with Gasteiger partial charge in [0.25, 0.3) is 6.01 Å². The Kier molecular flexibility index (Phi) is 3.80. The second-order valence-electron chi connectivity index (χ2n) is 4.73. The minimum Gasteiger partial charge on any atom is -0.432 e. The number of benzene rings is 1. The number of aliphatic hydroxyl groups is 1. The molecule has 20 heavy (non-hydrogen) atoms. The van der Waals surface area contributed by atoms with E-state index >= 15 is 0 Å². The molecule has 1 fully saturated rings. The molecular weight excluding hydrogens is 278 g/mol. The van der Waals surface area contributed by atoms with Crippen molar-refractivity contribution in [3.63, 3.8) is 0 Å². The molecule has 1 aromatic carbocycles. The molecular formula is C14H16ClN3O2. The third kappa shape index (κ3) is 2.73. The summed E-state index contributed by atoms with van der Waals surface area (Å²) in [7, 11) is 0. The fourth-order valence-corrected chi connectivity index (χ4v) is 2.53. The molecule has 0 atom stereocenters. The summed E-state index contributed by atoms with van der Waals surface area (Å²) in [5.74, 6) is 0. The standard InChI is InChI=1S/C14H16ClN3O2/c15-11-2-1-3-13(8-11)17-4-6-18(7-5-17)14-16-12(9-19)10-20-14/h1-3,8,10,19H,4-7,9H2. The quantitative estimate of drug-likeness (QED) is 0.940. The van der Waals surface area contributed by atoms with E-state index in [4.69, 9.17) is 21.1 Å². The number of anilines is 2. The molecule has 0 saturated carbocycles. The van der Waals surface area contributed by atoms with Crippen LogP contribution in [0.4, 0.5) is 11.7 Å². The summed E-state index contributed by atoms with van der Waals surface area (Å²) in [5, 5.41) is 9.76. The van der Waals surface area contributed by atoms with Crippen molar-refractivity contribution in [2.24, 2.45) is 0 Å². The van der Waals surface area contributed by atoms with E-state index in [1.807, 2.05) is 18.2 Å². The topological polar surface area (TPSA) is 52.7 Å². The Hall–Kier alpha value is -1.72. The molecule has 3 rings (SSSR count).